The van der Waals surface area contributed by atoms with Gasteiger partial charge < -0.3 is 14.6 Å². The second kappa shape index (κ2) is 7.17. The number of imidazole rings is 1. The van der Waals surface area contributed by atoms with Gasteiger partial charge in [0.15, 0.2) is 0 Å². The molecule has 1 N–H and O–H groups in total. The Balaban J connectivity index is 1.56. The number of fused-ring (bicyclic) bond motifs is 1. The van der Waals surface area contributed by atoms with Crippen LogP contribution in [0, 0.1) is 0 Å². The molecule has 1 heterocycles. The van der Waals surface area contributed by atoms with Crippen LogP contribution in [0.15, 0.2) is 48.5 Å². The van der Waals surface area contributed by atoms with Gasteiger partial charge in [-0.25, -0.2) is 4.98 Å². The van der Waals surface area contributed by atoms with Gasteiger partial charge in [0.05, 0.1) is 24.7 Å². The fourth-order valence-electron chi connectivity index (χ4n) is 2.71. The molecule has 0 spiro atoms. The van der Waals surface area contributed by atoms with Crippen molar-refractivity contribution in [1.29, 1.82) is 0 Å². The molecule has 5 heteroatoms. The predicted molar refractivity (Wildman–Crippen MR) is 93.9 cm³/mol. The summed E-state index contributed by atoms with van der Waals surface area (Å²) in [5.74, 6) is 1.68. The van der Waals surface area contributed by atoms with E-state index in [1.165, 1.54) is 0 Å². The minimum atomic E-state index is 0.0184. The molecule has 0 unspecified atom stereocenters. The maximum absolute atomic E-state index is 12.1. The second-order valence-corrected chi connectivity index (χ2v) is 5.70. The van der Waals surface area contributed by atoms with E-state index < -0.39 is 0 Å². The third-order valence-corrected chi connectivity index (χ3v) is 4.10. The van der Waals surface area contributed by atoms with Crippen LogP contribution in [0.2, 0.25) is 0 Å². The van der Waals surface area contributed by atoms with Crippen molar-refractivity contribution in [3.63, 3.8) is 0 Å². The molecule has 0 saturated carbocycles. The summed E-state index contributed by atoms with van der Waals surface area (Å²) in [4.78, 5) is 16.6. The van der Waals surface area contributed by atoms with Crippen molar-refractivity contribution in [3.05, 3.63) is 59.9 Å². The minimum Gasteiger partial charge on any atom is -0.497 e. The number of nitrogens with one attached hydrogen (secondary N) is 1. The lowest BCUT2D eigenvalue weighted by Crippen LogP contribution is -2.24. The second-order valence-electron chi connectivity index (χ2n) is 5.70. The summed E-state index contributed by atoms with van der Waals surface area (Å²) in [6.07, 6.45) is 1.13. The Hall–Kier alpha value is -2.82. The number of benzene rings is 2. The van der Waals surface area contributed by atoms with Gasteiger partial charge >= 0.3 is 0 Å². The predicted octanol–water partition coefficient (Wildman–Crippen LogP) is 2.83. The smallest absolute Gasteiger partial charge is 0.220 e. The molecule has 0 atom stereocenters. The lowest BCUT2D eigenvalue weighted by molar-refractivity contribution is -0.121. The number of rotatable bonds is 6. The number of amides is 1. The van der Waals surface area contributed by atoms with E-state index in [1.807, 2.05) is 60.1 Å². The normalized spacial score (nSPS) is 10.8. The van der Waals surface area contributed by atoms with Gasteiger partial charge in [0.2, 0.25) is 5.91 Å². The number of aromatic nitrogens is 2. The molecule has 0 bridgehead atoms. The molecule has 0 aliphatic heterocycles. The summed E-state index contributed by atoms with van der Waals surface area (Å²) in [5.41, 5.74) is 3.10. The Morgan fingerprint density at radius 3 is 2.83 bits per heavy atom. The molecule has 0 aliphatic carbocycles. The van der Waals surface area contributed by atoms with E-state index in [-0.39, 0.29) is 5.91 Å². The number of methoxy groups -OCH3 is 1. The lowest BCUT2D eigenvalue weighted by atomic mass is 10.1. The SMILES string of the molecule is COc1cccc(CCC(=O)NCc2nc3ccccc3n2C)c1. The van der Waals surface area contributed by atoms with Gasteiger partial charge in [-0.2, -0.15) is 0 Å². The molecule has 3 aromatic rings. The zero-order valence-corrected chi connectivity index (χ0v) is 14.0. The van der Waals surface area contributed by atoms with Crippen LogP contribution in [0.1, 0.15) is 17.8 Å². The van der Waals surface area contributed by atoms with Crippen LogP contribution in [-0.4, -0.2) is 22.6 Å². The highest BCUT2D eigenvalue weighted by molar-refractivity contribution is 5.77. The first-order valence-electron chi connectivity index (χ1n) is 7.97. The highest BCUT2D eigenvalue weighted by Gasteiger charge is 2.09. The molecule has 2 aromatic carbocycles. The van der Waals surface area contributed by atoms with Gasteiger partial charge in [0, 0.05) is 13.5 Å². The van der Waals surface area contributed by atoms with Crippen molar-refractivity contribution >= 4 is 16.9 Å². The van der Waals surface area contributed by atoms with Crippen LogP contribution in [0.5, 0.6) is 5.75 Å². The maximum Gasteiger partial charge on any atom is 0.220 e. The zero-order valence-electron chi connectivity index (χ0n) is 14.0. The first-order valence-corrected chi connectivity index (χ1v) is 7.97. The number of nitrogens with zero attached hydrogens (tertiary/aromatic N) is 2. The zero-order chi connectivity index (χ0) is 16.9. The largest absolute Gasteiger partial charge is 0.497 e. The number of para-hydroxylation sites is 2. The number of hydrogen-bond acceptors (Lipinski definition) is 3. The van der Waals surface area contributed by atoms with Crippen LogP contribution < -0.4 is 10.1 Å². The Morgan fingerprint density at radius 2 is 2.04 bits per heavy atom. The molecule has 1 aromatic heterocycles. The number of ether oxygens (including phenoxy) is 1. The van der Waals surface area contributed by atoms with E-state index in [1.54, 1.807) is 7.11 Å². The fraction of sp³-hybridized carbons (Fsp3) is 0.263. The van der Waals surface area contributed by atoms with Gasteiger partial charge in [-0.15, -0.1) is 0 Å². The molecular formula is C19H21N3O2. The van der Waals surface area contributed by atoms with E-state index in [9.17, 15) is 4.79 Å². The standard InChI is InChI=1S/C19H21N3O2/c1-22-17-9-4-3-8-16(17)21-18(22)13-20-19(23)11-10-14-6-5-7-15(12-14)24-2/h3-9,12H,10-11,13H2,1-2H3,(H,20,23). The molecular weight excluding hydrogens is 302 g/mol. The monoisotopic (exact) mass is 323 g/mol. The summed E-state index contributed by atoms with van der Waals surface area (Å²) >= 11 is 0. The summed E-state index contributed by atoms with van der Waals surface area (Å²) < 4.78 is 7.21. The molecule has 0 fully saturated rings. The van der Waals surface area contributed by atoms with E-state index in [0.29, 0.717) is 19.4 Å². The average Bonchev–Trinajstić information content (AvgIpc) is 2.94. The van der Waals surface area contributed by atoms with E-state index in [0.717, 1.165) is 28.2 Å². The summed E-state index contributed by atoms with van der Waals surface area (Å²) in [7, 11) is 3.61. The first kappa shape index (κ1) is 16.1. The van der Waals surface area contributed by atoms with Crippen LogP contribution >= 0.6 is 0 Å². The molecule has 24 heavy (non-hydrogen) atoms. The highest BCUT2D eigenvalue weighted by atomic mass is 16.5. The molecule has 1 amide bonds. The number of aryl methyl sites for hydroxylation is 2. The van der Waals surface area contributed by atoms with E-state index in [4.69, 9.17) is 4.74 Å². The molecule has 0 radical (unpaired) electrons. The van der Waals surface area contributed by atoms with Crippen molar-refractivity contribution in [1.82, 2.24) is 14.9 Å². The van der Waals surface area contributed by atoms with Crippen molar-refractivity contribution in [2.45, 2.75) is 19.4 Å². The van der Waals surface area contributed by atoms with Gasteiger partial charge in [0.25, 0.3) is 0 Å². The number of carbonyl (C=O) groups excluding carboxylic acids is 1. The van der Waals surface area contributed by atoms with Crippen LogP contribution in [0.25, 0.3) is 11.0 Å². The summed E-state index contributed by atoms with van der Waals surface area (Å²) in [6.45, 7) is 0.433. The Bertz CT molecular complexity index is 855. The Morgan fingerprint density at radius 1 is 1.21 bits per heavy atom. The van der Waals surface area contributed by atoms with Gasteiger partial charge in [0.1, 0.15) is 11.6 Å². The van der Waals surface area contributed by atoms with Crippen molar-refractivity contribution in [3.8, 4) is 5.75 Å². The summed E-state index contributed by atoms with van der Waals surface area (Å²) in [5, 5.41) is 2.95. The van der Waals surface area contributed by atoms with Gasteiger partial charge in [-0.05, 0) is 36.2 Å². The van der Waals surface area contributed by atoms with Crippen molar-refractivity contribution < 1.29 is 9.53 Å². The lowest BCUT2D eigenvalue weighted by Gasteiger charge is -2.07. The van der Waals surface area contributed by atoms with Crippen LogP contribution in [0.4, 0.5) is 0 Å². The quantitative estimate of drug-likeness (QED) is 0.759. The van der Waals surface area contributed by atoms with Gasteiger partial charge in [-0.1, -0.05) is 24.3 Å². The highest BCUT2D eigenvalue weighted by Crippen LogP contribution is 2.15. The number of carbonyl (C=O) groups is 1. The van der Waals surface area contributed by atoms with Crippen molar-refractivity contribution in [2.24, 2.45) is 7.05 Å². The maximum atomic E-state index is 12.1. The Labute approximate surface area is 141 Å². The van der Waals surface area contributed by atoms with Crippen molar-refractivity contribution in [2.75, 3.05) is 7.11 Å². The average molecular weight is 323 g/mol. The first-order chi connectivity index (χ1) is 11.7. The fourth-order valence-corrected chi connectivity index (χ4v) is 2.71. The minimum absolute atomic E-state index is 0.0184. The molecule has 0 aliphatic rings. The molecule has 0 saturated heterocycles. The topological polar surface area (TPSA) is 56.1 Å². The van der Waals surface area contributed by atoms with Crippen LogP contribution in [0.3, 0.4) is 0 Å². The summed E-state index contributed by atoms with van der Waals surface area (Å²) in [6, 6.07) is 15.7. The van der Waals surface area contributed by atoms with Crippen LogP contribution in [-0.2, 0) is 24.8 Å². The Kier molecular flexibility index (Phi) is 4.79. The molecule has 5 nitrogen and oxygen atoms in total. The third-order valence-electron chi connectivity index (χ3n) is 4.10. The van der Waals surface area contributed by atoms with E-state index >= 15 is 0 Å². The number of hydrogen-bond donors (Lipinski definition) is 1. The van der Waals surface area contributed by atoms with Gasteiger partial charge in [-0.3, -0.25) is 4.79 Å². The third kappa shape index (κ3) is 3.56. The molecule has 3 rings (SSSR count). The van der Waals surface area contributed by atoms with E-state index in [2.05, 4.69) is 10.3 Å². The molecule has 124 valence electrons.